The highest BCUT2D eigenvalue weighted by atomic mass is 32.2. The van der Waals surface area contributed by atoms with Gasteiger partial charge in [-0.2, -0.15) is 8.42 Å². The quantitative estimate of drug-likeness (QED) is 0.737. The van der Waals surface area contributed by atoms with E-state index in [9.17, 15) is 13.2 Å². The third-order valence-corrected chi connectivity index (χ3v) is 8.07. The Morgan fingerprint density at radius 3 is 2.73 bits per heavy atom. The lowest BCUT2D eigenvalue weighted by Gasteiger charge is -2.47. The lowest BCUT2D eigenvalue weighted by molar-refractivity contribution is -0.135. The maximum atomic E-state index is 13.6. The largest absolute Gasteiger partial charge is 0.497 e. The molecule has 1 saturated heterocycles. The van der Waals surface area contributed by atoms with E-state index in [1.54, 1.807) is 37.5 Å². The molecule has 1 aromatic carbocycles. The van der Waals surface area contributed by atoms with Crippen molar-refractivity contribution in [2.45, 2.75) is 45.1 Å². The minimum atomic E-state index is -3.99. The van der Waals surface area contributed by atoms with Crippen LogP contribution in [0.1, 0.15) is 44.6 Å². The summed E-state index contributed by atoms with van der Waals surface area (Å²) in [5.41, 5.74) is 1.00. The van der Waals surface area contributed by atoms with Gasteiger partial charge in [0, 0.05) is 25.2 Å². The number of rotatable bonds is 3. The summed E-state index contributed by atoms with van der Waals surface area (Å²) in [7, 11) is -1.04. The Kier molecular flexibility index (Phi) is 5.61. The van der Waals surface area contributed by atoms with Crippen molar-refractivity contribution >= 4 is 21.8 Å². The van der Waals surface area contributed by atoms with Crippen LogP contribution < -0.4 is 4.74 Å². The van der Waals surface area contributed by atoms with Crippen LogP contribution in [0.4, 0.5) is 0 Å². The van der Waals surface area contributed by atoms with Gasteiger partial charge in [0.25, 0.3) is 5.91 Å². The van der Waals surface area contributed by atoms with E-state index < -0.39 is 10.2 Å². The molecule has 30 heavy (non-hydrogen) atoms. The average molecular weight is 432 g/mol. The Labute approximate surface area is 178 Å². The molecular weight excluding hydrogens is 402 g/mol. The lowest BCUT2D eigenvalue weighted by atomic mass is 9.72. The lowest BCUT2D eigenvalue weighted by Crippen LogP contribution is -2.54. The number of nitrogens with zero attached hydrogens (tertiary/aromatic N) is 3. The zero-order valence-electron chi connectivity index (χ0n) is 17.7. The summed E-state index contributed by atoms with van der Waals surface area (Å²) in [6.45, 7) is 2.94. The molecule has 3 atom stereocenters. The van der Waals surface area contributed by atoms with Crippen molar-refractivity contribution < 1.29 is 17.9 Å². The highest BCUT2D eigenvalue weighted by molar-refractivity contribution is 7.88. The van der Waals surface area contributed by atoms with Crippen LogP contribution >= 0.6 is 0 Å². The summed E-state index contributed by atoms with van der Waals surface area (Å²) in [6, 6.07) is 7.22. The minimum absolute atomic E-state index is 0.154. The SMILES string of the molecule is COc1cccc(C2=NS(=O)(=O)N(C)C(C(=O)N3CC[C@@H](C)[C@H]4CCCC[C@H]43)=C2)c1. The predicted molar refractivity (Wildman–Crippen MR) is 116 cm³/mol. The van der Waals surface area contributed by atoms with Crippen molar-refractivity contribution in [3.8, 4) is 5.75 Å². The Morgan fingerprint density at radius 2 is 1.97 bits per heavy atom. The zero-order chi connectivity index (χ0) is 21.5. The summed E-state index contributed by atoms with van der Waals surface area (Å²) in [6.07, 6.45) is 6.99. The van der Waals surface area contributed by atoms with Crippen molar-refractivity contribution in [2.75, 3.05) is 20.7 Å². The number of hydrogen-bond acceptors (Lipinski definition) is 4. The Morgan fingerprint density at radius 1 is 1.20 bits per heavy atom. The van der Waals surface area contributed by atoms with Gasteiger partial charge in [0.2, 0.25) is 0 Å². The van der Waals surface area contributed by atoms with Crippen molar-refractivity contribution in [1.29, 1.82) is 0 Å². The van der Waals surface area contributed by atoms with Gasteiger partial charge in [-0.25, -0.2) is 4.31 Å². The van der Waals surface area contributed by atoms with Crippen LogP contribution in [0.5, 0.6) is 5.75 Å². The van der Waals surface area contributed by atoms with Crippen molar-refractivity contribution in [2.24, 2.45) is 16.2 Å². The third kappa shape index (κ3) is 3.73. The normalized spacial score (nSPS) is 28.3. The molecule has 7 nitrogen and oxygen atoms in total. The van der Waals surface area contributed by atoms with Gasteiger partial charge in [-0.1, -0.05) is 31.9 Å². The molecule has 0 radical (unpaired) electrons. The molecule has 1 aromatic rings. The van der Waals surface area contributed by atoms with Crippen molar-refractivity contribution in [1.82, 2.24) is 9.21 Å². The number of carbonyl (C=O) groups excluding carboxylic acids is 1. The van der Waals surface area contributed by atoms with Crippen LogP contribution in [0, 0.1) is 11.8 Å². The molecule has 0 aromatic heterocycles. The standard InChI is InChI=1S/C22H29N3O4S/c1-15-11-12-25(20-10-5-4-9-18(15)20)22(26)21-14-19(23-30(27,28)24(21)2)16-7-6-8-17(13-16)29-3/h6-8,13-15,18,20H,4-5,9-12H2,1-3H3/t15-,18-,20-/m1/s1. The first-order valence-electron chi connectivity index (χ1n) is 10.6. The van der Waals surface area contributed by atoms with Crippen molar-refractivity contribution in [3.05, 3.63) is 41.6 Å². The molecule has 2 fully saturated rings. The van der Waals surface area contributed by atoms with Crippen LogP contribution in [-0.2, 0) is 15.0 Å². The van der Waals surface area contributed by atoms with Gasteiger partial charge in [-0.05, 0) is 49.3 Å². The summed E-state index contributed by atoms with van der Waals surface area (Å²) < 4.78 is 35.7. The average Bonchev–Trinajstić information content (AvgIpc) is 2.75. The van der Waals surface area contributed by atoms with Gasteiger partial charge in [-0.15, -0.1) is 4.40 Å². The fourth-order valence-electron chi connectivity index (χ4n) is 4.98. The molecule has 0 bridgehead atoms. The van der Waals surface area contributed by atoms with E-state index >= 15 is 0 Å². The number of benzene rings is 1. The van der Waals surface area contributed by atoms with Gasteiger partial charge >= 0.3 is 10.2 Å². The molecule has 0 unspecified atom stereocenters. The van der Waals surface area contributed by atoms with Gasteiger partial charge in [0.1, 0.15) is 11.4 Å². The third-order valence-electron chi connectivity index (χ3n) is 6.76. The number of likely N-dealkylation sites (tertiary alicyclic amines) is 1. The Balaban J connectivity index is 1.70. The van der Waals surface area contributed by atoms with E-state index in [4.69, 9.17) is 4.74 Å². The van der Waals surface area contributed by atoms with Crippen LogP contribution in [0.2, 0.25) is 0 Å². The number of ether oxygens (including phenoxy) is 1. The van der Waals surface area contributed by atoms with Crippen LogP contribution in [0.25, 0.3) is 0 Å². The molecule has 8 heteroatoms. The highest BCUT2D eigenvalue weighted by Crippen LogP contribution is 2.39. The molecule has 4 rings (SSSR count). The number of fused-ring (bicyclic) bond motifs is 1. The molecule has 0 N–H and O–H groups in total. The number of methoxy groups -OCH3 is 1. The summed E-state index contributed by atoms with van der Waals surface area (Å²) >= 11 is 0. The first kappa shape index (κ1) is 20.9. The zero-order valence-corrected chi connectivity index (χ0v) is 18.6. The predicted octanol–water partition coefficient (Wildman–Crippen LogP) is 2.99. The van der Waals surface area contributed by atoms with E-state index in [1.165, 1.54) is 13.5 Å². The number of piperidine rings is 1. The second-order valence-electron chi connectivity index (χ2n) is 8.46. The second kappa shape index (κ2) is 8.06. The van der Waals surface area contributed by atoms with Crippen LogP contribution in [-0.4, -0.2) is 56.0 Å². The van der Waals surface area contributed by atoms with E-state index in [2.05, 4.69) is 11.3 Å². The molecule has 1 amide bonds. The number of carbonyl (C=O) groups is 1. The molecule has 2 heterocycles. The van der Waals surface area contributed by atoms with Crippen molar-refractivity contribution in [3.63, 3.8) is 0 Å². The van der Waals surface area contributed by atoms with Crippen LogP contribution in [0.15, 0.2) is 40.4 Å². The molecule has 1 saturated carbocycles. The Bertz CT molecular complexity index is 1000. The monoisotopic (exact) mass is 431 g/mol. The topological polar surface area (TPSA) is 79.3 Å². The number of allylic oxidation sites excluding steroid dienone is 1. The number of likely N-dealkylation sites (N-methyl/N-ethyl adjacent to an activating group) is 1. The molecule has 2 aliphatic heterocycles. The van der Waals surface area contributed by atoms with Gasteiger partial charge in [0.15, 0.2) is 0 Å². The number of hydrogen-bond donors (Lipinski definition) is 0. The van der Waals surface area contributed by atoms with Gasteiger partial charge in [-0.3, -0.25) is 4.79 Å². The van der Waals surface area contributed by atoms with E-state index in [0.29, 0.717) is 29.7 Å². The highest BCUT2D eigenvalue weighted by Gasteiger charge is 2.42. The van der Waals surface area contributed by atoms with E-state index in [0.717, 1.165) is 30.0 Å². The van der Waals surface area contributed by atoms with E-state index in [-0.39, 0.29) is 23.4 Å². The second-order valence-corrected chi connectivity index (χ2v) is 10.1. The van der Waals surface area contributed by atoms with Gasteiger partial charge in [0.05, 0.1) is 12.8 Å². The summed E-state index contributed by atoms with van der Waals surface area (Å²) in [4.78, 5) is 15.5. The molecule has 0 spiro atoms. The number of amides is 1. The van der Waals surface area contributed by atoms with Crippen LogP contribution in [0.3, 0.4) is 0 Å². The fourth-order valence-corrected chi connectivity index (χ4v) is 5.89. The first-order chi connectivity index (χ1) is 14.3. The van der Waals surface area contributed by atoms with Gasteiger partial charge < -0.3 is 9.64 Å². The summed E-state index contributed by atoms with van der Waals surface area (Å²) in [5.74, 6) is 1.46. The fraction of sp³-hybridized carbons (Fsp3) is 0.545. The first-order valence-corrected chi connectivity index (χ1v) is 12.0. The molecule has 1 aliphatic carbocycles. The smallest absolute Gasteiger partial charge is 0.345 e. The minimum Gasteiger partial charge on any atom is -0.497 e. The Hall–Kier alpha value is -2.35. The maximum Gasteiger partial charge on any atom is 0.345 e. The maximum absolute atomic E-state index is 13.6. The molecular formula is C22H29N3O4S. The van der Waals surface area contributed by atoms with E-state index in [1.807, 2.05) is 4.90 Å². The molecule has 3 aliphatic rings. The summed E-state index contributed by atoms with van der Waals surface area (Å²) in [5, 5.41) is 0. The molecule has 162 valence electrons.